The molecule has 3 unspecified atom stereocenters. The number of carbonyl (C=O) groups is 1. The van der Waals surface area contributed by atoms with E-state index in [0.29, 0.717) is 24.2 Å². The molecule has 29 heavy (non-hydrogen) atoms. The summed E-state index contributed by atoms with van der Waals surface area (Å²) in [5.41, 5.74) is 1.29. The number of nitrogens with zero attached hydrogens (tertiary/aromatic N) is 1. The summed E-state index contributed by atoms with van der Waals surface area (Å²) in [7, 11) is 0. The third-order valence-corrected chi connectivity index (χ3v) is 7.33. The molecule has 2 aliphatic carbocycles. The van der Waals surface area contributed by atoms with Crippen molar-refractivity contribution < 1.29 is 4.79 Å². The zero-order valence-corrected chi connectivity index (χ0v) is 18.5. The first-order valence-electron chi connectivity index (χ1n) is 12.0. The van der Waals surface area contributed by atoms with Crippen LogP contribution in [0.15, 0.2) is 36.5 Å². The van der Waals surface area contributed by atoms with Crippen molar-refractivity contribution in [3.63, 3.8) is 0 Å². The number of rotatable bonds is 12. The fraction of sp³-hybridized carbons (Fsp3) is 0.704. The van der Waals surface area contributed by atoms with Crippen LogP contribution in [0.1, 0.15) is 90.4 Å². The average Bonchev–Trinajstić information content (AvgIpc) is 3.21. The molecule has 0 heterocycles. The van der Waals surface area contributed by atoms with Gasteiger partial charge in [0.2, 0.25) is 0 Å². The van der Waals surface area contributed by atoms with Crippen molar-refractivity contribution in [2.45, 2.75) is 90.4 Å². The molecule has 0 spiro atoms. The molecule has 2 saturated carbocycles. The van der Waals surface area contributed by atoms with Crippen molar-refractivity contribution in [3.05, 3.63) is 36.5 Å². The molecule has 0 aromatic rings. The van der Waals surface area contributed by atoms with Crippen LogP contribution in [0, 0.1) is 40.9 Å². The van der Waals surface area contributed by atoms with Crippen LogP contribution in [0.5, 0.6) is 0 Å². The van der Waals surface area contributed by atoms with Crippen LogP contribution in [0.4, 0.5) is 0 Å². The minimum absolute atomic E-state index is 0.106. The second-order valence-corrected chi connectivity index (χ2v) is 9.25. The first kappa shape index (κ1) is 23.7. The van der Waals surface area contributed by atoms with Crippen LogP contribution in [0.2, 0.25) is 0 Å². The van der Waals surface area contributed by atoms with E-state index in [0.717, 1.165) is 37.9 Å². The lowest BCUT2D eigenvalue weighted by Crippen LogP contribution is -2.19. The molecule has 0 N–H and O–H groups in total. The number of carbonyl (C=O) groups excluding carboxylic acids is 1. The third-order valence-electron chi connectivity index (χ3n) is 7.33. The summed E-state index contributed by atoms with van der Waals surface area (Å²) in [5.74, 6) is 2.65. The maximum Gasteiger partial charge on any atom is 0.120 e. The molecule has 2 nitrogen and oxygen atoms in total. The predicted octanol–water partition coefficient (Wildman–Crippen LogP) is 7.58. The van der Waals surface area contributed by atoms with Crippen LogP contribution in [-0.4, -0.2) is 6.29 Å². The van der Waals surface area contributed by atoms with Crippen molar-refractivity contribution in [2.75, 3.05) is 0 Å². The van der Waals surface area contributed by atoms with Gasteiger partial charge < -0.3 is 4.79 Å². The summed E-state index contributed by atoms with van der Waals surface area (Å²) in [4.78, 5) is 10.4. The van der Waals surface area contributed by atoms with E-state index in [1.165, 1.54) is 56.9 Å². The van der Waals surface area contributed by atoms with Crippen LogP contribution in [-0.2, 0) is 4.79 Å². The van der Waals surface area contributed by atoms with Gasteiger partial charge in [-0.25, -0.2) is 0 Å². The summed E-state index contributed by atoms with van der Waals surface area (Å²) in [6.07, 6.45) is 25.3. The first-order valence-corrected chi connectivity index (χ1v) is 12.0. The molecule has 0 aromatic carbocycles. The third kappa shape index (κ3) is 7.61. The van der Waals surface area contributed by atoms with E-state index in [1.54, 1.807) is 0 Å². The number of nitriles is 1. The molecule has 0 aliphatic heterocycles. The van der Waals surface area contributed by atoms with Gasteiger partial charge in [-0.3, -0.25) is 0 Å². The van der Waals surface area contributed by atoms with Gasteiger partial charge >= 0.3 is 0 Å². The molecule has 4 atom stereocenters. The van der Waals surface area contributed by atoms with Gasteiger partial charge in [0.25, 0.3) is 0 Å². The molecule has 0 aromatic heterocycles. The predicted molar refractivity (Wildman–Crippen MR) is 122 cm³/mol. The smallest absolute Gasteiger partial charge is 0.120 e. The number of unbranched alkanes of at least 4 members (excludes halogenated alkanes) is 2. The molecule has 160 valence electrons. The summed E-state index contributed by atoms with van der Waals surface area (Å²) in [6.45, 7) is 6.34. The molecule has 2 fully saturated rings. The van der Waals surface area contributed by atoms with E-state index < -0.39 is 0 Å². The van der Waals surface area contributed by atoms with Crippen LogP contribution < -0.4 is 0 Å². The van der Waals surface area contributed by atoms with Crippen molar-refractivity contribution >= 4 is 6.29 Å². The SMILES string of the molecule is C=CC(C/C=C(\C)C(C#N)C1CCCCC1)C1CCC[C@@H]1C/C=C\CCCC=O. The van der Waals surface area contributed by atoms with Gasteiger partial charge in [-0.15, -0.1) is 6.58 Å². The van der Waals surface area contributed by atoms with E-state index in [1.807, 2.05) is 0 Å². The zero-order valence-electron chi connectivity index (χ0n) is 18.5. The lowest BCUT2D eigenvalue weighted by atomic mass is 9.76. The molecular weight excluding hydrogens is 354 g/mol. The Morgan fingerprint density at radius 2 is 1.90 bits per heavy atom. The van der Waals surface area contributed by atoms with Crippen molar-refractivity contribution in [1.29, 1.82) is 5.26 Å². The van der Waals surface area contributed by atoms with Crippen LogP contribution in [0.3, 0.4) is 0 Å². The van der Waals surface area contributed by atoms with Crippen LogP contribution >= 0.6 is 0 Å². The molecular formula is C27H41NO. The number of aldehydes is 1. The highest BCUT2D eigenvalue weighted by Gasteiger charge is 2.31. The highest BCUT2D eigenvalue weighted by Crippen LogP contribution is 2.41. The fourth-order valence-corrected chi connectivity index (χ4v) is 5.57. The Labute approximate surface area is 179 Å². The molecule has 2 rings (SSSR count). The summed E-state index contributed by atoms with van der Waals surface area (Å²) in [6, 6.07) is 2.62. The van der Waals surface area contributed by atoms with Crippen molar-refractivity contribution in [3.8, 4) is 6.07 Å². The van der Waals surface area contributed by atoms with Gasteiger partial charge in [-0.05, 0) is 82.0 Å². The van der Waals surface area contributed by atoms with Gasteiger partial charge in [0.15, 0.2) is 0 Å². The lowest BCUT2D eigenvalue weighted by molar-refractivity contribution is -0.107. The Kier molecular flexibility index (Phi) is 11.1. The van der Waals surface area contributed by atoms with E-state index in [-0.39, 0.29) is 5.92 Å². The number of hydrogen-bond donors (Lipinski definition) is 0. The lowest BCUT2D eigenvalue weighted by Gasteiger charge is -2.28. The molecule has 2 heteroatoms. The highest BCUT2D eigenvalue weighted by atomic mass is 16.1. The molecule has 0 bridgehead atoms. The Balaban J connectivity index is 1.89. The minimum Gasteiger partial charge on any atom is -0.303 e. The molecule has 0 saturated heterocycles. The second-order valence-electron chi connectivity index (χ2n) is 9.25. The summed E-state index contributed by atoms with van der Waals surface area (Å²) >= 11 is 0. The summed E-state index contributed by atoms with van der Waals surface area (Å²) < 4.78 is 0. The Morgan fingerprint density at radius 1 is 1.10 bits per heavy atom. The average molecular weight is 396 g/mol. The van der Waals surface area contributed by atoms with Crippen LogP contribution in [0.25, 0.3) is 0 Å². The Morgan fingerprint density at radius 3 is 2.59 bits per heavy atom. The van der Waals surface area contributed by atoms with E-state index in [4.69, 9.17) is 0 Å². The van der Waals surface area contributed by atoms with Gasteiger partial charge in [0, 0.05) is 6.42 Å². The van der Waals surface area contributed by atoms with E-state index >= 15 is 0 Å². The summed E-state index contributed by atoms with van der Waals surface area (Å²) in [5, 5.41) is 9.76. The minimum atomic E-state index is 0.106. The second kappa shape index (κ2) is 13.6. The normalized spacial score (nSPS) is 25.6. The maximum atomic E-state index is 10.4. The Bertz CT molecular complexity index is 590. The van der Waals surface area contributed by atoms with Crippen molar-refractivity contribution in [1.82, 2.24) is 0 Å². The Hall–Kier alpha value is -1.62. The van der Waals surface area contributed by atoms with E-state index in [9.17, 15) is 10.1 Å². The van der Waals surface area contributed by atoms with Gasteiger partial charge in [-0.1, -0.05) is 55.6 Å². The monoisotopic (exact) mass is 395 g/mol. The largest absolute Gasteiger partial charge is 0.303 e. The van der Waals surface area contributed by atoms with Gasteiger partial charge in [0.05, 0.1) is 12.0 Å². The molecule has 2 aliphatic rings. The number of hydrogen-bond acceptors (Lipinski definition) is 2. The molecule has 0 amide bonds. The van der Waals surface area contributed by atoms with Gasteiger partial charge in [0.1, 0.15) is 6.29 Å². The first-order chi connectivity index (χ1) is 14.2. The number of allylic oxidation sites excluding steroid dienone is 5. The highest BCUT2D eigenvalue weighted by molar-refractivity contribution is 5.49. The maximum absolute atomic E-state index is 10.4. The van der Waals surface area contributed by atoms with Gasteiger partial charge in [-0.2, -0.15) is 5.26 Å². The molecule has 0 radical (unpaired) electrons. The standard InChI is InChI=1S/C27H41NO/c1-3-23(19-18-22(2)27(21-28)25-14-9-7-10-15-25)26-17-12-16-24(26)13-8-5-4-6-11-20-29/h3,5,8,18,20,23-27H,1,4,6-7,9-17,19H2,2H3/b8-5-,22-18+/t23?,24-,26?,27?/m0/s1. The van der Waals surface area contributed by atoms with Crippen molar-refractivity contribution in [2.24, 2.45) is 29.6 Å². The zero-order chi connectivity index (χ0) is 20.9. The topological polar surface area (TPSA) is 40.9 Å². The van der Waals surface area contributed by atoms with E-state index in [2.05, 4.69) is 43.9 Å². The quantitative estimate of drug-likeness (QED) is 0.194. The fourth-order valence-electron chi connectivity index (χ4n) is 5.57.